The minimum absolute atomic E-state index is 0.364. The van der Waals surface area contributed by atoms with Crippen LogP contribution < -0.4 is 14.9 Å². The molecule has 162 valence electrons. The molecule has 0 saturated carbocycles. The standard InChI is InChI=1S/C25H22ClN3O2S/c1-2-30-24-14-18(12-13-23(24)31-16-20-10-6-7-11-21(20)26)15-27-29-25-28-22(17-32-25)19-8-4-3-5-9-19/h3-15,17H,2,16H2,1H3,(H,28,29)/b27-15+. The minimum atomic E-state index is 0.364. The number of halogens is 1. The number of rotatable bonds is 9. The molecule has 3 aromatic carbocycles. The zero-order chi connectivity index (χ0) is 22.2. The Bertz CT molecular complexity index is 1190. The van der Waals surface area contributed by atoms with Gasteiger partial charge in [-0.3, -0.25) is 5.43 Å². The summed E-state index contributed by atoms with van der Waals surface area (Å²) in [5, 5.41) is 7.72. The normalized spacial score (nSPS) is 10.9. The molecule has 1 aromatic heterocycles. The summed E-state index contributed by atoms with van der Waals surface area (Å²) in [4.78, 5) is 4.57. The van der Waals surface area contributed by atoms with Gasteiger partial charge in [0, 0.05) is 21.5 Å². The second-order valence-corrected chi connectivity index (χ2v) is 8.06. The lowest BCUT2D eigenvalue weighted by Gasteiger charge is -2.13. The van der Waals surface area contributed by atoms with Crippen LogP contribution in [-0.4, -0.2) is 17.8 Å². The predicted molar refractivity (Wildman–Crippen MR) is 132 cm³/mol. The van der Waals surface area contributed by atoms with Crippen molar-refractivity contribution in [1.29, 1.82) is 0 Å². The first-order valence-corrected chi connectivity index (χ1v) is 11.4. The lowest BCUT2D eigenvalue weighted by molar-refractivity contribution is 0.269. The maximum atomic E-state index is 6.22. The maximum Gasteiger partial charge on any atom is 0.203 e. The third kappa shape index (κ3) is 5.66. The average Bonchev–Trinajstić information content (AvgIpc) is 3.29. The van der Waals surface area contributed by atoms with Crippen LogP contribution in [0.4, 0.5) is 5.13 Å². The number of hydrogen-bond donors (Lipinski definition) is 1. The van der Waals surface area contributed by atoms with E-state index in [2.05, 4.69) is 15.5 Å². The smallest absolute Gasteiger partial charge is 0.203 e. The molecule has 0 aliphatic heterocycles. The van der Waals surface area contributed by atoms with Crippen molar-refractivity contribution in [3.8, 4) is 22.8 Å². The highest BCUT2D eigenvalue weighted by Gasteiger charge is 2.08. The monoisotopic (exact) mass is 463 g/mol. The van der Waals surface area contributed by atoms with Crippen LogP contribution in [0.3, 0.4) is 0 Å². The van der Waals surface area contributed by atoms with Crippen molar-refractivity contribution < 1.29 is 9.47 Å². The molecule has 0 radical (unpaired) electrons. The Morgan fingerprint density at radius 2 is 1.81 bits per heavy atom. The summed E-state index contributed by atoms with van der Waals surface area (Å²) in [7, 11) is 0. The predicted octanol–water partition coefficient (Wildman–Crippen LogP) is 6.89. The van der Waals surface area contributed by atoms with Gasteiger partial charge in [0.2, 0.25) is 5.13 Å². The fraction of sp³-hybridized carbons (Fsp3) is 0.120. The Labute approximate surface area is 196 Å². The second-order valence-electron chi connectivity index (χ2n) is 6.79. The molecule has 0 aliphatic carbocycles. The molecular weight excluding hydrogens is 442 g/mol. The van der Waals surface area contributed by atoms with Crippen LogP contribution in [0.25, 0.3) is 11.3 Å². The molecule has 4 aromatic rings. The first-order chi connectivity index (χ1) is 15.7. The number of anilines is 1. The molecule has 0 aliphatic rings. The van der Waals surface area contributed by atoms with Crippen molar-refractivity contribution in [3.05, 3.63) is 94.3 Å². The second kappa shape index (κ2) is 10.8. The highest BCUT2D eigenvalue weighted by atomic mass is 35.5. The number of nitrogens with zero attached hydrogens (tertiary/aromatic N) is 2. The van der Waals surface area contributed by atoms with E-state index in [1.807, 2.05) is 85.1 Å². The molecule has 1 N–H and O–H groups in total. The van der Waals surface area contributed by atoms with E-state index in [-0.39, 0.29) is 0 Å². The fourth-order valence-corrected chi connectivity index (χ4v) is 3.85. The van der Waals surface area contributed by atoms with Crippen molar-refractivity contribution in [2.75, 3.05) is 12.0 Å². The van der Waals surface area contributed by atoms with E-state index in [0.29, 0.717) is 29.7 Å². The number of hydrogen-bond acceptors (Lipinski definition) is 6. The van der Waals surface area contributed by atoms with Gasteiger partial charge in [-0.15, -0.1) is 11.3 Å². The van der Waals surface area contributed by atoms with Gasteiger partial charge < -0.3 is 9.47 Å². The third-order valence-corrected chi connectivity index (χ3v) is 5.67. The van der Waals surface area contributed by atoms with Crippen molar-refractivity contribution >= 4 is 34.3 Å². The molecule has 0 unspecified atom stereocenters. The number of aromatic nitrogens is 1. The molecule has 0 atom stereocenters. The topological polar surface area (TPSA) is 55.7 Å². The molecule has 1 heterocycles. The number of hydrazone groups is 1. The van der Waals surface area contributed by atoms with Gasteiger partial charge in [-0.05, 0) is 36.8 Å². The Kier molecular flexibility index (Phi) is 7.38. The first-order valence-electron chi connectivity index (χ1n) is 10.2. The van der Waals surface area contributed by atoms with Gasteiger partial charge in [-0.25, -0.2) is 4.98 Å². The highest BCUT2D eigenvalue weighted by molar-refractivity contribution is 7.14. The fourth-order valence-electron chi connectivity index (χ4n) is 2.99. The summed E-state index contributed by atoms with van der Waals surface area (Å²) in [6.45, 7) is 2.83. The zero-order valence-electron chi connectivity index (χ0n) is 17.5. The summed E-state index contributed by atoms with van der Waals surface area (Å²) in [6, 6.07) is 23.4. The van der Waals surface area contributed by atoms with Gasteiger partial charge in [0.15, 0.2) is 11.5 Å². The van der Waals surface area contributed by atoms with Crippen molar-refractivity contribution in [2.24, 2.45) is 5.10 Å². The summed E-state index contributed by atoms with van der Waals surface area (Å²) in [5.74, 6) is 1.31. The molecule has 5 nitrogen and oxygen atoms in total. The Balaban J connectivity index is 1.41. The summed E-state index contributed by atoms with van der Waals surface area (Å²) >= 11 is 7.73. The van der Waals surface area contributed by atoms with Crippen LogP contribution in [0.5, 0.6) is 11.5 Å². The molecular formula is C25H22ClN3O2S. The first kappa shape index (κ1) is 21.9. The quantitative estimate of drug-likeness (QED) is 0.217. The molecule has 0 saturated heterocycles. The van der Waals surface area contributed by atoms with Crippen LogP contribution in [0, 0.1) is 0 Å². The summed E-state index contributed by atoms with van der Waals surface area (Å²) in [6.07, 6.45) is 1.73. The molecule has 0 spiro atoms. The van der Waals surface area contributed by atoms with E-state index >= 15 is 0 Å². The lowest BCUT2D eigenvalue weighted by atomic mass is 10.2. The van der Waals surface area contributed by atoms with E-state index in [9.17, 15) is 0 Å². The van der Waals surface area contributed by atoms with Crippen molar-refractivity contribution in [2.45, 2.75) is 13.5 Å². The Hall–Kier alpha value is -3.35. The molecule has 0 bridgehead atoms. The average molecular weight is 464 g/mol. The number of nitrogens with one attached hydrogen (secondary N) is 1. The van der Waals surface area contributed by atoms with E-state index in [0.717, 1.165) is 27.5 Å². The Morgan fingerprint density at radius 3 is 2.62 bits per heavy atom. The van der Waals surface area contributed by atoms with Crippen LogP contribution >= 0.6 is 22.9 Å². The lowest BCUT2D eigenvalue weighted by Crippen LogP contribution is -2.01. The number of benzene rings is 3. The SMILES string of the molecule is CCOc1cc(/C=N/Nc2nc(-c3ccccc3)cs2)ccc1OCc1ccccc1Cl. The summed E-state index contributed by atoms with van der Waals surface area (Å²) < 4.78 is 11.7. The molecule has 0 amide bonds. The molecule has 4 rings (SSSR count). The number of thiazole rings is 1. The van der Waals surface area contributed by atoms with Gasteiger partial charge >= 0.3 is 0 Å². The molecule has 7 heteroatoms. The van der Waals surface area contributed by atoms with E-state index in [4.69, 9.17) is 21.1 Å². The van der Waals surface area contributed by atoms with Gasteiger partial charge in [-0.2, -0.15) is 5.10 Å². The van der Waals surface area contributed by atoms with Crippen LogP contribution in [0.1, 0.15) is 18.1 Å². The highest BCUT2D eigenvalue weighted by Crippen LogP contribution is 2.30. The zero-order valence-corrected chi connectivity index (χ0v) is 19.1. The third-order valence-electron chi connectivity index (χ3n) is 4.56. The maximum absolute atomic E-state index is 6.22. The molecule has 32 heavy (non-hydrogen) atoms. The largest absolute Gasteiger partial charge is 0.490 e. The Morgan fingerprint density at radius 1 is 1.00 bits per heavy atom. The summed E-state index contributed by atoms with van der Waals surface area (Å²) in [5.41, 5.74) is 6.80. The van der Waals surface area contributed by atoms with Crippen molar-refractivity contribution in [3.63, 3.8) is 0 Å². The van der Waals surface area contributed by atoms with Crippen LogP contribution in [0.2, 0.25) is 5.02 Å². The van der Waals surface area contributed by atoms with E-state index < -0.39 is 0 Å². The minimum Gasteiger partial charge on any atom is -0.490 e. The number of ether oxygens (including phenoxy) is 2. The van der Waals surface area contributed by atoms with Gasteiger partial charge in [0.1, 0.15) is 6.61 Å². The van der Waals surface area contributed by atoms with Gasteiger partial charge in [0.05, 0.1) is 18.5 Å². The van der Waals surface area contributed by atoms with Crippen LogP contribution in [0.15, 0.2) is 83.3 Å². The van der Waals surface area contributed by atoms with Crippen molar-refractivity contribution in [1.82, 2.24) is 4.98 Å². The van der Waals surface area contributed by atoms with E-state index in [1.54, 1.807) is 6.21 Å². The van der Waals surface area contributed by atoms with Crippen LogP contribution in [-0.2, 0) is 6.61 Å². The molecule has 0 fully saturated rings. The van der Waals surface area contributed by atoms with Gasteiger partial charge in [-0.1, -0.05) is 60.1 Å². The van der Waals surface area contributed by atoms with E-state index in [1.165, 1.54) is 11.3 Å². The van der Waals surface area contributed by atoms with Gasteiger partial charge in [0.25, 0.3) is 0 Å².